The third kappa shape index (κ3) is 3.39. The lowest BCUT2D eigenvalue weighted by Gasteiger charge is -2.05. The number of amides is 1. The van der Waals surface area contributed by atoms with Crippen LogP contribution in [0.1, 0.15) is 25.6 Å². The van der Waals surface area contributed by atoms with Crippen molar-refractivity contribution in [3.8, 4) is 0 Å². The Kier molecular flexibility index (Phi) is 4.50. The first-order valence-electron chi connectivity index (χ1n) is 7.07. The van der Waals surface area contributed by atoms with Gasteiger partial charge in [-0.25, -0.2) is 9.78 Å². The van der Waals surface area contributed by atoms with Crippen LogP contribution in [-0.4, -0.2) is 31.0 Å². The fourth-order valence-electron chi connectivity index (χ4n) is 2.00. The number of thiophene rings is 1. The molecule has 2 aromatic heterocycles. The Bertz CT molecular complexity index is 866. The Labute approximate surface area is 146 Å². The third-order valence-corrected chi connectivity index (χ3v) is 5.58. The third-order valence-electron chi connectivity index (χ3n) is 3.27. The first-order chi connectivity index (χ1) is 11.4. The molecular weight excluding hydrogens is 346 g/mol. The number of hydrogen-bond donors (Lipinski definition) is 1. The highest BCUT2D eigenvalue weighted by Gasteiger charge is 2.16. The van der Waals surface area contributed by atoms with Gasteiger partial charge in [0.1, 0.15) is 16.3 Å². The van der Waals surface area contributed by atoms with Gasteiger partial charge in [-0.2, -0.15) is 0 Å². The molecule has 3 aromatic rings. The van der Waals surface area contributed by atoms with Gasteiger partial charge in [0, 0.05) is 19.7 Å². The molecule has 2 heterocycles. The quantitative estimate of drug-likeness (QED) is 0.706. The molecule has 0 aliphatic rings. The fraction of sp³-hybridized carbons (Fsp3) is 0.188. The van der Waals surface area contributed by atoms with E-state index >= 15 is 0 Å². The number of esters is 1. The van der Waals surface area contributed by atoms with Crippen molar-refractivity contribution in [1.29, 1.82) is 0 Å². The predicted octanol–water partition coefficient (Wildman–Crippen LogP) is 2.88. The zero-order chi connectivity index (χ0) is 17.3. The van der Waals surface area contributed by atoms with E-state index in [1.54, 1.807) is 24.3 Å². The van der Waals surface area contributed by atoms with E-state index in [4.69, 9.17) is 10.5 Å². The molecular formula is C16H15N3O3S2. The maximum absolute atomic E-state index is 12.2. The van der Waals surface area contributed by atoms with Crippen molar-refractivity contribution in [3.63, 3.8) is 0 Å². The number of primary amides is 1. The summed E-state index contributed by atoms with van der Waals surface area (Å²) in [7, 11) is 3.86. The van der Waals surface area contributed by atoms with Crippen LogP contribution >= 0.6 is 22.7 Å². The summed E-state index contributed by atoms with van der Waals surface area (Å²) in [6.07, 6.45) is 0. The van der Waals surface area contributed by atoms with Crippen molar-refractivity contribution in [2.24, 2.45) is 5.73 Å². The number of nitrogens with two attached hydrogens (primary N) is 1. The Morgan fingerprint density at radius 2 is 1.92 bits per heavy atom. The van der Waals surface area contributed by atoms with Gasteiger partial charge in [0.25, 0.3) is 0 Å². The van der Waals surface area contributed by atoms with Crippen molar-refractivity contribution in [2.45, 2.75) is 6.61 Å². The van der Waals surface area contributed by atoms with Crippen molar-refractivity contribution in [1.82, 2.24) is 4.98 Å². The number of thiazole rings is 1. The first-order valence-corrected chi connectivity index (χ1v) is 8.71. The van der Waals surface area contributed by atoms with Crippen LogP contribution in [0.2, 0.25) is 0 Å². The number of rotatable bonds is 5. The summed E-state index contributed by atoms with van der Waals surface area (Å²) < 4.78 is 6.29. The van der Waals surface area contributed by atoms with Gasteiger partial charge in [-0.05, 0) is 23.8 Å². The summed E-state index contributed by atoms with van der Waals surface area (Å²) in [4.78, 5) is 31.0. The molecule has 3 rings (SSSR count). The van der Waals surface area contributed by atoms with Gasteiger partial charge in [0.2, 0.25) is 5.91 Å². The van der Waals surface area contributed by atoms with E-state index in [9.17, 15) is 9.59 Å². The van der Waals surface area contributed by atoms with Crippen molar-refractivity contribution >= 4 is 49.2 Å². The maximum atomic E-state index is 12.2. The van der Waals surface area contributed by atoms with Gasteiger partial charge in [-0.1, -0.05) is 23.5 Å². The second kappa shape index (κ2) is 6.58. The molecule has 0 saturated carbocycles. The lowest BCUT2D eigenvalue weighted by Crippen LogP contribution is -2.10. The molecule has 1 aromatic carbocycles. The minimum absolute atomic E-state index is 0.139. The zero-order valence-electron chi connectivity index (χ0n) is 13.1. The number of fused-ring (bicyclic) bond motifs is 1. The molecule has 0 aliphatic heterocycles. The van der Waals surface area contributed by atoms with Crippen LogP contribution in [0.5, 0.6) is 0 Å². The number of nitrogens with zero attached hydrogens (tertiary/aromatic N) is 2. The van der Waals surface area contributed by atoms with Crippen molar-refractivity contribution in [3.05, 3.63) is 46.3 Å². The van der Waals surface area contributed by atoms with E-state index in [1.807, 2.05) is 25.1 Å². The SMILES string of the molecule is CN(C)c1nc2sc(C(=O)OCc3ccc(C(N)=O)cc3)cc2s1. The summed E-state index contributed by atoms with van der Waals surface area (Å²) in [5.74, 6) is -0.864. The van der Waals surface area contributed by atoms with Crippen LogP contribution in [0, 0.1) is 0 Å². The molecule has 0 spiro atoms. The molecule has 0 radical (unpaired) electrons. The van der Waals surface area contributed by atoms with Crippen molar-refractivity contribution < 1.29 is 14.3 Å². The Balaban J connectivity index is 1.66. The minimum Gasteiger partial charge on any atom is -0.457 e. The van der Waals surface area contributed by atoms with Crippen molar-refractivity contribution in [2.75, 3.05) is 19.0 Å². The standard InChI is InChI=1S/C16H15N3O3S2/c1-19(2)16-18-14-11(24-16)7-12(23-14)15(21)22-8-9-3-5-10(6-4-9)13(17)20/h3-7H,8H2,1-2H3,(H2,17,20). The number of aromatic nitrogens is 1. The fourth-order valence-corrected chi connectivity index (χ4v) is 4.03. The average molecular weight is 361 g/mol. The van der Waals surface area contributed by atoms with E-state index < -0.39 is 5.91 Å². The smallest absolute Gasteiger partial charge is 0.348 e. The average Bonchev–Trinajstić information content (AvgIpc) is 3.11. The molecule has 1 amide bonds. The molecule has 0 fully saturated rings. The van der Waals surface area contributed by atoms with Crippen LogP contribution in [-0.2, 0) is 11.3 Å². The predicted molar refractivity (Wildman–Crippen MR) is 95.9 cm³/mol. The number of carbonyl (C=O) groups excluding carboxylic acids is 2. The molecule has 124 valence electrons. The summed E-state index contributed by atoms with van der Waals surface area (Å²) in [5.41, 5.74) is 6.40. The first kappa shape index (κ1) is 16.4. The number of benzene rings is 1. The van der Waals surface area contributed by atoms with E-state index in [2.05, 4.69) is 4.98 Å². The molecule has 0 atom stereocenters. The summed E-state index contributed by atoms with van der Waals surface area (Å²) in [6, 6.07) is 8.46. The molecule has 2 N–H and O–H groups in total. The van der Waals surface area contributed by atoms with Gasteiger partial charge in [-0.3, -0.25) is 4.79 Å². The normalized spacial score (nSPS) is 10.8. The molecule has 0 bridgehead atoms. The van der Waals surface area contributed by atoms with Crippen LogP contribution in [0.3, 0.4) is 0 Å². The van der Waals surface area contributed by atoms with Gasteiger partial charge in [0.15, 0.2) is 5.13 Å². The van der Waals surface area contributed by atoms with E-state index in [0.717, 1.165) is 20.2 Å². The molecule has 0 unspecified atom stereocenters. The van der Waals surface area contributed by atoms with Gasteiger partial charge < -0.3 is 15.4 Å². The summed E-state index contributed by atoms with van der Waals surface area (Å²) >= 11 is 2.86. The van der Waals surface area contributed by atoms with E-state index in [1.165, 1.54) is 22.7 Å². The summed E-state index contributed by atoms with van der Waals surface area (Å²) in [5, 5.41) is 0.908. The number of ether oxygens (including phenoxy) is 1. The molecule has 24 heavy (non-hydrogen) atoms. The number of hydrogen-bond acceptors (Lipinski definition) is 7. The molecule has 0 saturated heterocycles. The second-order valence-electron chi connectivity index (χ2n) is 5.31. The van der Waals surface area contributed by atoms with E-state index in [0.29, 0.717) is 10.4 Å². The molecule has 6 nitrogen and oxygen atoms in total. The maximum Gasteiger partial charge on any atom is 0.348 e. The van der Waals surface area contributed by atoms with Crippen LogP contribution in [0.15, 0.2) is 30.3 Å². The van der Waals surface area contributed by atoms with E-state index in [-0.39, 0.29) is 12.6 Å². The van der Waals surface area contributed by atoms with Crippen LogP contribution in [0.25, 0.3) is 9.53 Å². The highest BCUT2D eigenvalue weighted by Crippen LogP contribution is 2.34. The topological polar surface area (TPSA) is 85.5 Å². The second-order valence-corrected chi connectivity index (χ2v) is 7.35. The highest BCUT2D eigenvalue weighted by atomic mass is 32.1. The Hall–Kier alpha value is -2.45. The van der Waals surface area contributed by atoms with Crippen LogP contribution < -0.4 is 10.6 Å². The highest BCUT2D eigenvalue weighted by molar-refractivity contribution is 7.29. The monoisotopic (exact) mass is 361 g/mol. The van der Waals surface area contributed by atoms with Gasteiger partial charge in [0.05, 0.1) is 4.70 Å². The lowest BCUT2D eigenvalue weighted by atomic mass is 10.1. The minimum atomic E-state index is -0.484. The van der Waals surface area contributed by atoms with Gasteiger partial charge >= 0.3 is 5.97 Å². The Morgan fingerprint density at radius 3 is 2.50 bits per heavy atom. The zero-order valence-corrected chi connectivity index (χ0v) is 14.7. The van der Waals surface area contributed by atoms with Gasteiger partial charge in [-0.15, -0.1) is 11.3 Å². The molecule has 0 aliphatic carbocycles. The number of carbonyl (C=O) groups is 2. The molecule has 8 heteroatoms. The van der Waals surface area contributed by atoms with Crippen LogP contribution in [0.4, 0.5) is 5.13 Å². The summed E-state index contributed by atoms with van der Waals surface area (Å²) in [6.45, 7) is 0.139. The largest absolute Gasteiger partial charge is 0.457 e. The lowest BCUT2D eigenvalue weighted by molar-refractivity contribution is 0.0478. The number of anilines is 1. The Morgan fingerprint density at radius 1 is 1.21 bits per heavy atom.